The molecule has 1 aliphatic rings. The summed E-state index contributed by atoms with van der Waals surface area (Å²) in [5.74, 6) is -0.997. The summed E-state index contributed by atoms with van der Waals surface area (Å²) in [6.07, 6.45) is 4.40. The van der Waals surface area contributed by atoms with Gasteiger partial charge in [-0.15, -0.1) is 0 Å². The van der Waals surface area contributed by atoms with E-state index in [9.17, 15) is 9.59 Å². The first-order valence-electron chi connectivity index (χ1n) is 6.43. The summed E-state index contributed by atoms with van der Waals surface area (Å²) in [4.78, 5) is 26.9. The summed E-state index contributed by atoms with van der Waals surface area (Å²) in [5.41, 5.74) is 1.22. The maximum absolute atomic E-state index is 12.0. The molecule has 1 heterocycles. The average molecular weight is 262 g/mol. The Kier molecular flexibility index (Phi) is 3.83. The zero-order chi connectivity index (χ0) is 13.9. The molecule has 19 heavy (non-hydrogen) atoms. The molecule has 1 aromatic heterocycles. The molecule has 102 valence electrons. The molecule has 1 aromatic rings. The van der Waals surface area contributed by atoms with Crippen molar-refractivity contribution in [2.45, 2.75) is 44.6 Å². The number of carbonyl (C=O) groups is 2. The fraction of sp³-hybridized carbons (Fsp3) is 0.500. The third-order valence-electron chi connectivity index (χ3n) is 3.54. The minimum absolute atomic E-state index is 0.00485. The fourth-order valence-electron chi connectivity index (χ4n) is 2.37. The van der Waals surface area contributed by atoms with Crippen LogP contribution in [0, 0.1) is 6.92 Å². The zero-order valence-corrected chi connectivity index (χ0v) is 11.0. The van der Waals surface area contributed by atoms with Crippen LogP contribution in [0.4, 0.5) is 0 Å². The van der Waals surface area contributed by atoms with Crippen molar-refractivity contribution >= 4 is 11.9 Å². The standard InChI is InChI=1S/C14H18N2O3/c1-10-3-4-11(9-15-10)7-12(17)16-14(5-2-6-14)8-13(18)19/h3-4,9H,2,5-8H2,1H3,(H,16,17)(H,18,19). The van der Waals surface area contributed by atoms with Gasteiger partial charge in [0.2, 0.25) is 5.91 Å². The van der Waals surface area contributed by atoms with E-state index >= 15 is 0 Å². The van der Waals surface area contributed by atoms with Crippen LogP contribution in [0.1, 0.15) is 36.9 Å². The lowest BCUT2D eigenvalue weighted by Crippen LogP contribution is -2.55. The molecule has 2 rings (SSSR count). The van der Waals surface area contributed by atoms with Gasteiger partial charge in [-0.1, -0.05) is 6.07 Å². The molecule has 0 bridgehead atoms. The number of carboxylic acids is 1. The van der Waals surface area contributed by atoms with Crippen molar-refractivity contribution in [3.8, 4) is 0 Å². The van der Waals surface area contributed by atoms with E-state index in [1.807, 2.05) is 19.1 Å². The van der Waals surface area contributed by atoms with Gasteiger partial charge in [-0.3, -0.25) is 14.6 Å². The molecule has 1 aliphatic carbocycles. The van der Waals surface area contributed by atoms with Gasteiger partial charge in [0.05, 0.1) is 18.4 Å². The number of aliphatic carboxylic acids is 1. The third-order valence-corrected chi connectivity index (χ3v) is 3.54. The summed E-state index contributed by atoms with van der Waals surface area (Å²) in [6.45, 7) is 1.89. The number of aromatic nitrogens is 1. The smallest absolute Gasteiger partial charge is 0.305 e. The molecule has 1 fully saturated rings. The van der Waals surface area contributed by atoms with Gasteiger partial charge in [-0.05, 0) is 37.8 Å². The number of pyridine rings is 1. The first-order valence-corrected chi connectivity index (χ1v) is 6.43. The maximum atomic E-state index is 12.0. The Labute approximate surface area is 112 Å². The number of hydrogen-bond acceptors (Lipinski definition) is 3. The third kappa shape index (κ3) is 3.53. The quantitative estimate of drug-likeness (QED) is 0.841. The van der Waals surface area contributed by atoms with Crippen molar-refractivity contribution in [2.24, 2.45) is 0 Å². The first-order chi connectivity index (χ1) is 8.99. The average Bonchev–Trinajstić information content (AvgIpc) is 2.28. The molecule has 0 saturated heterocycles. The summed E-state index contributed by atoms with van der Waals surface area (Å²) in [5, 5.41) is 11.8. The van der Waals surface area contributed by atoms with E-state index < -0.39 is 11.5 Å². The van der Waals surface area contributed by atoms with Crippen LogP contribution in [0.15, 0.2) is 18.3 Å². The number of nitrogens with one attached hydrogen (secondary N) is 1. The van der Waals surface area contributed by atoms with Crippen LogP contribution in [0.3, 0.4) is 0 Å². The Bertz CT molecular complexity index is 478. The van der Waals surface area contributed by atoms with Crippen molar-refractivity contribution in [1.82, 2.24) is 10.3 Å². The topological polar surface area (TPSA) is 79.3 Å². The molecule has 5 nitrogen and oxygen atoms in total. The van der Waals surface area contributed by atoms with Crippen LogP contribution >= 0.6 is 0 Å². The molecular weight excluding hydrogens is 244 g/mol. The SMILES string of the molecule is Cc1ccc(CC(=O)NC2(CC(=O)O)CCC2)cn1. The maximum Gasteiger partial charge on any atom is 0.305 e. The van der Waals surface area contributed by atoms with Crippen LogP contribution in [0.2, 0.25) is 0 Å². The normalized spacial score (nSPS) is 16.5. The number of rotatable bonds is 5. The van der Waals surface area contributed by atoms with Gasteiger partial charge < -0.3 is 10.4 Å². The highest BCUT2D eigenvalue weighted by Crippen LogP contribution is 2.34. The van der Waals surface area contributed by atoms with E-state index in [4.69, 9.17) is 5.11 Å². The zero-order valence-electron chi connectivity index (χ0n) is 11.0. The van der Waals surface area contributed by atoms with Crippen LogP contribution in [0.5, 0.6) is 0 Å². The number of amides is 1. The van der Waals surface area contributed by atoms with Crippen LogP contribution in [-0.2, 0) is 16.0 Å². The second-order valence-corrected chi connectivity index (χ2v) is 5.24. The van der Waals surface area contributed by atoms with Gasteiger partial charge in [0.1, 0.15) is 0 Å². The lowest BCUT2D eigenvalue weighted by Gasteiger charge is -2.41. The molecule has 0 radical (unpaired) electrons. The van der Waals surface area contributed by atoms with Crippen molar-refractivity contribution in [1.29, 1.82) is 0 Å². The first kappa shape index (κ1) is 13.5. The molecule has 1 amide bonds. The van der Waals surface area contributed by atoms with Gasteiger partial charge in [0, 0.05) is 11.9 Å². The molecule has 0 aliphatic heterocycles. The molecule has 5 heteroatoms. The highest BCUT2D eigenvalue weighted by atomic mass is 16.4. The lowest BCUT2D eigenvalue weighted by atomic mass is 9.74. The van der Waals surface area contributed by atoms with Crippen LogP contribution in [0.25, 0.3) is 0 Å². The summed E-state index contributed by atoms with van der Waals surface area (Å²) in [6, 6.07) is 3.73. The minimum Gasteiger partial charge on any atom is -0.481 e. The molecular formula is C14H18N2O3. The van der Waals surface area contributed by atoms with Crippen LogP contribution < -0.4 is 5.32 Å². The number of carboxylic acid groups (broad SMARTS) is 1. The van der Waals surface area contributed by atoms with Gasteiger partial charge in [-0.25, -0.2) is 0 Å². The summed E-state index contributed by atoms with van der Waals surface area (Å²) in [7, 11) is 0. The van der Waals surface area contributed by atoms with E-state index in [1.54, 1.807) is 6.20 Å². The monoisotopic (exact) mass is 262 g/mol. The predicted molar refractivity (Wildman–Crippen MR) is 69.7 cm³/mol. The Hall–Kier alpha value is -1.91. The number of nitrogens with zero attached hydrogens (tertiary/aromatic N) is 1. The summed E-state index contributed by atoms with van der Waals surface area (Å²) < 4.78 is 0. The van der Waals surface area contributed by atoms with Gasteiger partial charge in [0.15, 0.2) is 0 Å². The summed E-state index contributed by atoms with van der Waals surface area (Å²) >= 11 is 0. The Morgan fingerprint density at radius 1 is 1.42 bits per heavy atom. The second kappa shape index (κ2) is 5.38. The highest BCUT2D eigenvalue weighted by Gasteiger charge is 2.40. The molecule has 0 atom stereocenters. The van der Waals surface area contributed by atoms with E-state index in [0.717, 1.165) is 30.5 Å². The molecule has 0 unspecified atom stereocenters. The number of aryl methyl sites for hydroxylation is 1. The fourth-order valence-corrected chi connectivity index (χ4v) is 2.37. The Morgan fingerprint density at radius 3 is 2.63 bits per heavy atom. The van der Waals surface area contributed by atoms with Crippen molar-refractivity contribution in [3.05, 3.63) is 29.6 Å². The predicted octanol–water partition coefficient (Wildman–Crippen LogP) is 1.45. The molecule has 0 spiro atoms. The number of hydrogen-bond donors (Lipinski definition) is 2. The lowest BCUT2D eigenvalue weighted by molar-refractivity contribution is -0.140. The Morgan fingerprint density at radius 2 is 2.16 bits per heavy atom. The van der Waals surface area contributed by atoms with Gasteiger partial charge >= 0.3 is 5.97 Å². The number of carbonyl (C=O) groups excluding carboxylic acids is 1. The van der Waals surface area contributed by atoms with Crippen molar-refractivity contribution in [2.75, 3.05) is 0 Å². The molecule has 2 N–H and O–H groups in total. The Balaban J connectivity index is 1.93. The van der Waals surface area contributed by atoms with Crippen LogP contribution in [-0.4, -0.2) is 27.5 Å². The second-order valence-electron chi connectivity index (χ2n) is 5.24. The highest BCUT2D eigenvalue weighted by molar-refractivity contribution is 5.80. The minimum atomic E-state index is -0.864. The van der Waals surface area contributed by atoms with Crippen molar-refractivity contribution in [3.63, 3.8) is 0 Å². The molecule has 0 aromatic carbocycles. The molecule has 1 saturated carbocycles. The van der Waals surface area contributed by atoms with E-state index in [1.165, 1.54) is 0 Å². The van der Waals surface area contributed by atoms with E-state index in [-0.39, 0.29) is 18.7 Å². The van der Waals surface area contributed by atoms with Gasteiger partial charge in [-0.2, -0.15) is 0 Å². The van der Waals surface area contributed by atoms with Crippen molar-refractivity contribution < 1.29 is 14.7 Å². The van der Waals surface area contributed by atoms with E-state index in [0.29, 0.717) is 0 Å². The largest absolute Gasteiger partial charge is 0.481 e. The van der Waals surface area contributed by atoms with Gasteiger partial charge in [0.25, 0.3) is 0 Å². The van der Waals surface area contributed by atoms with E-state index in [2.05, 4.69) is 10.3 Å².